The van der Waals surface area contributed by atoms with Crippen molar-refractivity contribution in [1.29, 1.82) is 0 Å². The van der Waals surface area contributed by atoms with Crippen molar-refractivity contribution in [3.63, 3.8) is 0 Å². The topological polar surface area (TPSA) is 96.0 Å². The Balaban J connectivity index is 2.15. The molecule has 3 rings (SSSR count). The molecule has 0 saturated carbocycles. The summed E-state index contributed by atoms with van der Waals surface area (Å²) < 4.78 is 12.9. The molecule has 2 aromatic carbocycles. The predicted octanol–water partition coefficient (Wildman–Crippen LogP) is 3.01. The summed E-state index contributed by atoms with van der Waals surface area (Å²) in [7, 11) is 3.05. The number of fused-ring (bicyclic) bond motifs is 1. The Morgan fingerprint density at radius 3 is 2.74 bits per heavy atom. The van der Waals surface area contributed by atoms with Gasteiger partial charge in [-0.05, 0) is 18.2 Å². The number of aromatic nitrogens is 1. The van der Waals surface area contributed by atoms with Crippen LogP contribution in [0, 0.1) is 10.1 Å². The van der Waals surface area contributed by atoms with Gasteiger partial charge in [0.1, 0.15) is 5.75 Å². The zero-order valence-corrected chi connectivity index (χ0v) is 15.6. The summed E-state index contributed by atoms with van der Waals surface area (Å²) in [6.45, 7) is 0.792. The van der Waals surface area contributed by atoms with Gasteiger partial charge in [-0.1, -0.05) is 23.5 Å². The molecule has 27 heavy (non-hydrogen) atoms. The second-order valence-corrected chi connectivity index (χ2v) is 6.56. The van der Waals surface area contributed by atoms with E-state index in [2.05, 4.69) is 4.99 Å². The zero-order valence-electron chi connectivity index (χ0n) is 14.7. The van der Waals surface area contributed by atoms with Crippen molar-refractivity contribution in [3.05, 3.63) is 62.9 Å². The van der Waals surface area contributed by atoms with Crippen LogP contribution in [0.4, 0.5) is 5.69 Å². The highest BCUT2D eigenvalue weighted by atomic mass is 32.1. The molecule has 8 nitrogen and oxygen atoms in total. The average Bonchev–Trinajstić information content (AvgIpc) is 3.02. The molecule has 1 heterocycles. The Bertz CT molecular complexity index is 1070. The Kier molecular flexibility index (Phi) is 5.63. The second-order valence-electron chi connectivity index (χ2n) is 5.56. The molecule has 0 bridgehead atoms. The normalized spacial score (nSPS) is 11.7. The first-order valence-corrected chi connectivity index (χ1v) is 8.85. The zero-order chi connectivity index (χ0) is 19.4. The molecule has 0 aliphatic heterocycles. The van der Waals surface area contributed by atoms with Crippen molar-refractivity contribution in [2.24, 2.45) is 4.99 Å². The lowest BCUT2D eigenvalue weighted by Crippen LogP contribution is -2.19. The van der Waals surface area contributed by atoms with Crippen LogP contribution in [-0.2, 0) is 11.3 Å². The molecule has 0 saturated heterocycles. The van der Waals surface area contributed by atoms with Crippen molar-refractivity contribution in [3.8, 4) is 5.75 Å². The van der Waals surface area contributed by atoms with Gasteiger partial charge in [-0.15, -0.1) is 0 Å². The van der Waals surface area contributed by atoms with Gasteiger partial charge in [-0.2, -0.15) is 4.99 Å². The monoisotopic (exact) mass is 387 g/mol. The van der Waals surface area contributed by atoms with E-state index in [0.717, 1.165) is 4.70 Å². The first kappa shape index (κ1) is 18.7. The Hall–Kier alpha value is -3.04. The fourth-order valence-corrected chi connectivity index (χ4v) is 3.66. The van der Waals surface area contributed by atoms with Crippen LogP contribution >= 0.6 is 11.3 Å². The van der Waals surface area contributed by atoms with Crippen LogP contribution in [0.5, 0.6) is 5.75 Å². The summed E-state index contributed by atoms with van der Waals surface area (Å²) in [5.74, 6) is -0.00823. The average molecular weight is 387 g/mol. The maximum atomic E-state index is 12.7. The Morgan fingerprint density at radius 1 is 1.26 bits per heavy atom. The summed E-state index contributed by atoms with van der Waals surface area (Å²) in [6, 6.07) is 11.4. The fraction of sp³-hybridized carbons (Fsp3) is 0.222. The quantitative estimate of drug-likeness (QED) is 0.478. The summed E-state index contributed by atoms with van der Waals surface area (Å²) in [6.07, 6.45) is 0. The van der Waals surface area contributed by atoms with E-state index in [-0.39, 0.29) is 5.69 Å². The SMILES string of the molecule is COCCn1c(=NC(=O)c2ccccc2OC)sc2ccc([N+](=O)[O-])cc21. The lowest BCUT2D eigenvalue weighted by atomic mass is 10.2. The smallest absolute Gasteiger partial charge is 0.283 e. The standard InChI is InChI=1S/C18H17N3O5S/c1-25-10-9-20-14-11-12(21(23)24)7-8-16(14)27-18(20)19-17(22)13-5-3-4-6-15(13)26-2/h3-8,11H,9-10H2,1-2H3. The number of ether oxygens (including phenoxy) is 2. The number of nitro groups is 1. The summed E-state index contributed by atoms with van der Waals surface area (Å²) in [5.41, 5.74) is 0.966. The summed E-state index contributed by atoms with van der Waals surface area (Å²) in [5, 5.41) is 11.1. The van der Waals surface area contributed by atoms with Crippen molar-refractivity contribution >= 4 is 33.1 Å². The fourth-order valence-electron chi connectivity index (χ4n) is 2.62. The third kappa shape index (κ3) is 3.88. The van der Waals surface area contributed by atoms with E-state index in [4.69, 9.17) is 9.47 Å². The molecular weight excluding hydrogens is 370 g/mol. The van der Waals surface area contributed by atoms with Crippen molar-refractivity contribution < 1.29 is 19.2 Å². The molecule has 0 N–H and O–H groups in total. The van der Waals surface area contributed by atoms with Crippen LogP contribution in [0.3, 0.4) is 0 Å². The second kappa shape index (κ2) is 8.11. The molecule has 140 valence electrons. The molecule has 1 amide bonds. The van der Waals surface area contributed by atoms with Gasteiger partial charge in [-0.25, -0.2) is 0 Å². The lowest BCUT2D eigenvalue weighted by Gasteiger charge is -2.05. The van der Waals surface area contributed by atoms with E-state index in [1.54, 1.807) is 42.0 Å². The number of hydrogen-bond donors (Lipinski definition) is 0. The number of non-ortho nitro benzene ring substituents is 1. The number of thiazole rings is 1. The minimum Gasteiger partial charge on any atom is -0.496 e. The third-order valence-electron chi connectivity index (χ3n) is 3.93. The van der Waals surface area contributed by atoms with E-state index in [1.807, 2.05) is 0 Å². The molecule has 0 unspecified atom stereocenters. The van der Waals surface area contributed by atoms with Gasteiger partial charge in [0.25, 0.3) is 11.6 Å². The van der Waals surface area contributed by atoms with Crippen LogP contribution in [0.1, 0.15) is 10.4 Å². The van der Waals surface area contributed by atoms with Crippen LogP contribution in [0.15, 0.2) is 47.5 Å². The largest absolute Gasteiger partial charge is 0.496 e. The van der Waals surface area contributed by atoms with Crippen LogP contribution in [0.25, 0.3) is 10.2 Å². The van der Waals surface area contributed by atoms with Gasteiger partial charge < -0.3 is 14.0 Å². The highest BCUT2D eigenvalue weighted by Gasteiger charge is 2.15. The molecule has 0 fully saturated rings. The predicted molar refractivity (Wildman–Crippen MR) is 101 cm³/mol. The first-order chi connectivity index (χ1) is 13.0. The number of amides is 1. The number of benzene rings is 2. The number of rotatable bonds is 6. The van der Waals surface area contributed by atoms with E-state index in [9.17, 15) is 14.9 Å². The molecule has 9 heteroatoms. The van der Waals surface area contributed by atoms with Crippen LogP contribution in [-0.4, -0.2) is 36.2 Å². The molecule has 0 aliphatic carbocycles. The number of methoxy groups -OCH3 is 2. The van der Waals surface area contributed by atoms with Gasteiger partial charge in [0.15, 0.2) is 4.80 Å². The number of nitro benzene ring substituents is 1. The van der Waals surface area contributed by atoms with E-state index in [1.165, 1.54) is 30.6 Å². The van der Waals surface area contributed by atoms with Crippen LogP contribution in [0.2, 0.25) is 0 Å². The molecule has 3 aromatic rings. The van der Waals surface area contributed by atoms with Crippen molar-refractivity contribution in [2.75, 3.05) is 20.8 Å². The summed E-state index contributed by atoms with van der Waals surface area (Å²) >= 11 is 1.29. The van der Waals surface area contributed by atoms with E-state index < -0.39 is 10.8 Å². The first-order valence-electron chi connectivity index (χ1n) is 8.04. The Labute approximate surface area is 158 Å². The van der Waals surface area contributed by atoms with E-state index >= 15 is 0 Å². The molecule has 0 aliphatic rings. The summed E-state index contributed by atoms with van der Waals surface area (Å²) in [4.78, 5) is 28.0. The molecule has 0 spiro atoms. The number of para-hydroxylation sites is 1. The number of carbonyl (C=O) groups is 1. The number of hydrogen-bond acceptors (Lipinski definition) is 6. The van der Waals surface area contributed by atoms with Gasteiger partial charge in [-0.3, -0.25) is 14.9 Å². The van der Waals surface area contributed by atoms with Crippen LogP contribution < -0.4 is 9.54 Å². The van der Waals surface area contributed by atoms with Crippen molar-refractivity contribution in [2.45, 2.75) is 6.54 Å². The molecular formula is C18H17N3O5S. The maximum Gasteiger partial charge on any atom is 0.283 e. The highest BCUT2D eigenvalue weighted by Crippen LogP contribution is 2.23. The maximum absolute atomic E-state index is 12.7. The van der Waals surface area contributed by atoms with Gasteiger partial charge >= 0.3 is 0 Å². The van der Waals surface area contributed by atoms with Gasteiger partial charge in [0, 0.05) is 25.8 Å². The molecule has 0 radical (unpaired) electrons. The van der Waals surface area contributed by atoms with Crippen molar-refractivity contribution in [1.82, 2.24) is 4.57 Å². The molecule has 1 aromatic heterocycles. The Morgan fingerprint density at radius 2 is 2.04 bits per heavy atom. The number of nitrogens with zero attached hydrogens (tertiary/aromatic N) is 3. The lowest BCUT2D eigenvalue weighted by molar-refractivity contribution is -0.384. The molecule has 0 atom stereocenters. The van der Waals surface area contributed by atoms with E-state index in [0.29, 0.717) is 34.8 Å². The minimum atomic E-state index is -0.450. The number of carbonyl (C=O) groups excluding carboxylic acids is 1. The van der Waals surface area contributed by atoms with Gasteiger partial charge in [0.2, 0.25) is 0 Å². The highest BCUT2D eigenvalue weighted by molar-refractivity contribution is 7.16. The third-order valence-corrected chi connectivity index (χ3v) is 4.99. The van der Waals surface area contributed by atoms with Gasteiger partial charge in [0.05, 0.1) is 34.4 Å². The minimum absolute atomic E-state index is 0.0194.